The van der Waals surface area contributed by atoms with E-state index in [-0.39, 0.29) is 11.8 Å². The highest BCUT2D eigenvalue weighted by Gasteiger charge is 2.21. The van der Waals surface area contributed by atoms with Crippen molar-refractivity contribution >= 4 is 46.1 Å². The lowest BCUT2D eigenvalue weighted by Crippen LogP contribution is -2.23. The average Bonchev–Trinajstić information content (AvgIpc) is 3.44. The van der Waals surface area contributed by atoms with Crippen LogP contribution in [0.4, 0.5) is 11.4 Å². The summed E-state index contributed by atoms with van der Waals surface area (Å²) in [5.41, 5.74) is 4.62. The molecule has 1 saturated heterocycles. The molecule has 1 aromatic heterocycles. The normalized spacial score (nSPS) is 13.6. The molecule has 0 bridgehead atoms. The number of hydrogen-bond acceptors (Lipinski definition) is 5. The number of fused-ring (bicyclic) bond motifs is 1. The Kier molecular flexibility index (Phi) is 5.64. The molecule has 160 valence electrons. The van der Waals surface area contributed by atoms with Crippen molar-refractivity contribution in [3.63, 3.8) is 0 Å². The van der Waals surface area contributed by atoms with Gasteiger partial charge in [-0.3, -0.25) is 9.59 Å². The van der Waals surface area contributed by atoms with E-state index in [0.717, 1.165) is 35.3 Å². The van der Waals surface area contributed by atoms with E-state index < -0.39 is 0 Å². The van der Waals surface area contributed by atoms with Crippen molar-refractivity contribution in [2.24, 2.45) is 0 Å². The van der Waals surface area contributed by atoms with Crippen LogP contribution in [-0.2, 0) is 10.5 Å². The molecule has 0 radical (unpaired) electrons. The van der Waals surface area contributed by atoms with Crippen LogP contribution >= 0.6 is 11.8 Å². The van der Waals surface area contributed by atoms with Crippen molar-refractivity contribution in [2.45, 2.75) is 23.8 Å². The van der Waals surface area contributed by atoms with Gasteiger partial charge in [0.15, 0.2) is 5.58 Å². The highest BCUT2D eigenvalue weighted by atomic mass is 32.2. The first-order chi connectivity index (χ1) is 15.7. The van der Waals surface area contributed by atoms with Gasteiger partial charge < -0.3 is 14.6 Å². The van der Waals surface area contributed by atoms with Crippen molar-refractivity contribution in [3.05, 3.63) is 83.9 Å². The van der Waals surface area contributed by atoms with Crippen molar-refractivity contribution in [3.8, 4) is 0 Å². The maximum absolute atomic E-state index is 13.0. The lowest BCUT2D eigenvalue weighted by Gasteiger charge is -2.16. The van der Waals surface area contributed by atoms with Crippen LogP contribution < -0.4 is 10.2 Å². The van der Waals surface area contributed by atoms with Gasteiger partial charge >= 0.3 is 0 Å². The maximum Gasteiger partial charge on any atom is 0.257 e. The molecule has 5 rings (SSSR count). The zero-order valence-electron chi connectivity index (χ0n) is 17.3. The summed E-state index contributed by atoms with van der Waals surface area (Å²) in [6.45, 7) is 0.746. The SMILES string of the molecule is O=C(Nc1ccc(N2CCCC2=O)cc1)c1ccccc1CSc1nc2ccccc2o1. The Bertz CT molecular complexity index is 1250. The molecular weight excluding hydrogens is 422 g/mol. The molecule has 0 aliphatic carbocycles. The minimum atomic E-state index is -0.177. The standard InChI is InChI=1S/C25H21N3O3S/c29-23-10-5-15-28(23)19-13-11-18(12-14-19)26-24(30)20-7-2-1-6-17(20)16-32-25-27-21-8-3-4-9-22(21)31-25/h1-4,6-9,11-14H,5,10,15-16H2,(H,26,30). The zero-order chi connectivity index (χ0) is 21.9. The molecular formula is C25H21N3O3S. The summed E-state index contributed by atoms with van der Waals surface area (Å²) in [5, 5.41) is 3.53. The molecule has 6 nitrogen and oxygen atoms in total. The van der Waals surface area contributed by atoms with Crippen molar-refractivity contribution in [1.82, 2.24) is 4.98 Å². The van der Waals surface area contributed by atoms with Gasteiger partial charge in [-0.15, -0.1) is 0 Å². The van der Waals surface area contributed by atoms with Crippen LogP contribution in [0.25, 0.3) is 11.1 Å². The van der Waals surface area contributed by atoms with E-state index in [1.165, 1.54) is 11.8 Å². The molecule has 1 N–H and O–H groups in total. The number of nitrogens with zero attached hydrogens (tertiary/aromatic N) is 2. The quantitative estimate of drug-likeness (QED) is 0.398. The summed E-state index contributed by atoms with van der Waals surface area (Å²) in [6, 6.07) is 22.6. The molecule has 32 heavy (non-hydrogen) atoms. The van der Waals surface area contributed by atoms with Crippen LogP contribution in [0, 0.1) is 0 Å². The van der Waals surface area contributed by atoms with Gasteiger partial charge in [0.05, 0.1) is 0 Å². The van der Waals surface area contributed by atoms with E-state index in [4.69, 9.17) is 4.42 Å². The highest BCUT2D eigenvalue weighted by molar-refractivity contribution is 7.98. The summed E-state index contributed by atoms with van der Waals surface area (Å²) in [5.74, 6) is 0.530. The molecule has 1 aliphatic rings. The number of hydrogen-bond donors (Lipinski definition) is 1. The Balaban J connectivity index is 1.27. The number of nitrogens with one attached hydrogen (secondary N) is 1. The van der Waals surface area contributed by atoms with E-state index in [9.17, 15) is 9.59 Å². The van der Waals surface area contributed by atoms with Crippen LogP contribution in [0.2, 0.25) is 0 Å². The molecule has 1 aliphatic heterocycles. The van der Waals surface area contributed by atoms with Gasteiger partial charge in [0, 0.05) is 35.7 Å². The summed E-state index contributed by atoms with van der Waals surface area (Å²) in [6.07, 6.45) is 1.48. The Morgan fingerprint density at radius 2 is 1.81 bits per heavy atom. The molecule has 1 fully saturated rings. The smallest absolute Gasteiger partial charge is 0.257 e. The minimum absolute atomic E-state index is 0.146. The van der Waals surface area contributed by atoms with Gasteiger partial charge in [-0.2, -0.15) is 0 Å². The van der Waals surface area contributed by atoms with Gasteiger partial charge in [-0.1, -0.05) is 42.1 Å². The number of benzene rings is 3. The predicted molar refractivity (Wildman–Crippen MR) is 126 cm³/mol. The van der Waals surface area contributed by atoms with Gasteiger partial charge in [-0.25, -0.2) is 4.98 Å². The highest BCUT2D eigenvalue weighted by Crippen LogP contribution is 2.28. The minimum Gasteiger partial charge on any atom is -0.431 e. The van der Waals surface area contributed by atoms with E-state index in [1.54, 1.807) is 4.90 Å². The van der Waals surface area contributed by atoms with Gasteiger partial charge in [0.2, 0.25) is 5.91 Å². The van der Waals surface area contributed by atoms with E-state index in [1.807, 2.05) is 72.8 Å². The predicted octanol–water partition coefficient (Wildman–Crippen LogP) is 5.50. The molecule has 7 heteroatoms. The van der Waals surface area contributed by atoms with Crippen molar-refractivity contribution < 1.29 is 14.0 Å². The fourth-order valence-electron chi connectivity index (χ4n) is 3.76. The number of rotatable bonds is 6. The van der Waals surface area contributed by atoms with E-state index >= 15 is 0 Å². The molecule has 0 unspecified atom stereocenters. The Labute approximate surface area is 189 Å². The monoisotopic (exact) mass is 443 g/mol. The lowest BCUT2D eigenvalue weighted by molar-refractivity contribution is -0.117. The number of anilines is 2. The number of thioether (sulfide) groups is 1. The number of oxazole rings is 1. The third-order valence-corrected chi connectivity index (χ3v) is 6.27. The van der Waals surface area contributed by atoms with Crippen molar-refractivity contribution in [2.75, 3.05) is 16.8 Å². The van der Waals surface area contributed by atoms with Crippen LogP contribution in [0.5, 0.6) is 0 Å². The summed E-state index contributed by atoms with van der Waals surface area (Å²) in [4.78, 5) is 31.1. The average molecular weight is 444 g/mol. The van der Waals surface area contributed by atoms with E-state index in [2.05, 4.69) is 10.3 Å². The Hall–Kier alpha value is -3.58. The number of carbonyl (C=O) groups is 2. The summed E-state index contributed by atoms with van der Waals surface area (Å²) in [7, 11) is 0. The van der Waals surface area contributed by atoms with Gasteiger partial charge in [0.25, 0.3) is 11.1 Å². The topological polar surface area (TPSA) is 75.4 Å². The third-order valence-electron chi connectivity index (χ3n) is 5.40. The largest absolute Gasteiger partial charge is 0.431 e. The molecule has 0 atom stereocenters. The molecule has 2 amide bonds. The second-order valence-electron chi connectivity index (χ2n) is 7.54. The van der Waals surface area contributed by atoms with Gasteiger partial charge in [-0.05, 0) is 54.4 Å². The fourth-order valence-corrected chi connectivity index (χ4v) is 4.61. The number of aromatic nitrogens is 1. The number of para-hydroxylation sites is 2. The third kappa shape index (κ3) is 4.24. The van der Waals surface area contributed by atoms with Crippen LogP contribution in [0.1, 0.15) is 28.8 Å². The number of carbonyl (C=O) groups excluding carboxylic acids is 2. The maximum atomic E-state index is 13.0. The summed E-state index contributed by atoms with van der Waals surface area (Å²) < 4.78 is 5.77. The van der Waals surface area contributed by atoms with Crippen LogP contribution in [-0.4, -0.2) is 23.3 Å². The van der Waals surface area contributed by atoms with E-state index in [0.29, 0.717) is 28.6 Å². The second kappa shape index (κ2) is 8.88. The zero-order valence-corrected chi connectivity index (χ0v) is 18.1. The first-order valence-electron chi connectivity index (χ1n) is 10.5. The molecule has 3 aromatic carbocycles. The Morgan fingerprint density at radius 3 is 2.59 bits per heavy atom. The molecule has 4 aromatic rings. The van der Waals surface area contributed by atoms with Gasteiger partial charge in [0.1, 0.15) is 5.52 Å². The molecule has 0 spiro atoms. The molecule has 2 heterocycles. The fraction of sp³-hybridized carbons (Fsp3) is 0.160. The summed E-state index contributed by atoms with van der Waals surface area (Å²) >= 11 is 1.46. The van der Waals surface area contributed by atoms with Crippen LogP contribution in [0.3, 0.4) is 0 Å². The first-order valence-corrected chi connectivity index (χ1v) is 11.4. The van der Waals surface area contributed by atoms with Crippen LogP contribution in [0.15, 0.2) is 82.4 Å². The molecule has 0 saturated carbocycles. The Morgan fingerprint density at radius 1 is 1.03 bits per heavy atom. The first kappa shape index (κ1) is 20.3. The van der Waals surface area contributed by atoms with Crippen molar-refractivity contribution in [1.29, 1.82) is 0 Å². The second-order valence-corrected chi connectivity index (χ2v) is 8.47. The lowest BCUT2D eigenvalue weighted by atomic mass is 10.1. The number of amides is 2.